The van der Waals surface area contributed by atoms with E-state index in [2.05, 4.69) is 9.47 Å². The van der Waals surface area contributed by atoms with Gasteiger partial charge in [-0.25, -0.2) is 14.5 Å². The monoisotopic (exact) mass is 325 g/mol. The maximum absolute atomic E-state index is 12.4. The third-order valence-corrected chi connectivity index (χ3v) is 3.64. The van der Waals surface area contributed by atoms with Gasteiger partial charge in [-0.2, -0.15) is 0 Å². The maximum atomic E-state index is 12.4. The Morgan fingerprint density at radius 2 is 1.74 bits per heavy atom. The maximum Gasteiger partial charge on any atom is 0.417 e. The number of hydrogen-bond donors (Lipinski definition) is 0. The zero-order chi connectivity index (χ0) is 17.5. The third-order valence-electron chi connectivity index (χ3n) is 3.64. The van der Waals surface area contributed by atoms with E-state index in [1.807, 2.05) is 0 Å². The van der Waals surface area contributed by atoms with Crippen LogP contribution in [0.1, 0.15) is 20.8 Å². The lowest BCUT2D eigenvalue weighted by molar-refractivity contribution is -0.143. The van der Waals surface area contributed by atoms with Crippen LogP contribution >= 0.6 is 0 Å². The highest BCUT2D eigenvalue weighted by Crippen LogP contribution is 2.55. The van der Waals surface area contributed by atoms with Crippen LogP contribution in [0.15, 0.2) is 11.6 Å². The van der Waals surface area contributed by atoms with Crippen LogP contribution in [0.3, 0.4) is 0 Å². The summed E-state index contributed by atoms with van der Waals surface area (Å²) in [7, 11) is 2.40. The molecule has 0 N–H and O–H groups in total. The molecule has 1 saturated heterocycles. The molecule has 126 valence electrons. The Balaban J connectivity index is 2.31. The molecule has 1 aliphatic carbocycles. The predicted molar refractivity (Wildman–Crippen MR) is 76.0 cm³/mol. The highest BCUT2D eigenvalue weighted by molar-refractivity contribution is 6.11. The van der Waals surface area contributed by atoms with Crippen molar-refractivity contribution >= 4 is 23.9 Å². The topological polar surface area (TPSA) is 99.2 Å². The van der Waals surface area contributed by atoms with Gasteiger partial charge in [0.05, 0.1) is 26.2 Å². The second kappa shape index (κ2) is 5.68. The molecule has 1 aliphatic heterocycles. The number of nitrogens with zero attached hydrogens (tertiary/aromatic N) is 1. The van der Waals surface area contributed by atoms with E-state index in [9.17, 15) is 19.2 Å². The highest BCUT2D eigenvalue weighted by atomic mass is 16.6. The van der Waals surface area contributed by atoms with Gasteiger partial charge in [0, 0.05) is 17.6 Å². The van der Waals surface area contributed by atoms with Gasteiger partial charge in [-0.1, -0.05) is 0 Å². The lowest BCUT2D eigenvalue weighted by Crippen LogP contribution is -2.41. The predicted octanol–water partition coefficient (Wildman–Crippen LogP) is 0.651. The van der Waals surface area contributed by atoms with Crippen LogP contribution in [0.2, 0.25) is 0 Å². The van der Waals surface area contributed by atoms with Crippen LogP contribution in [0, 0.1) is 11.8 Å². The number of hydrogen-bond acceptors (Lipinski definition) is 7. The molecule has 0 unspecified atom stereocenters. The minimum Gasteiger partial charge on any atom is -0.469 e. The Morgan fingerprint density at radius 1 is 1.13 bits per heavy atom. The van der Waals surface area contributed by atoms with Crippen molar-refractivity contribution < 1.29 is 33.4 Å². The Labute approximate surface area is 133 Å². The van der Waals surface area contributed by atoms with Crippen molar-refractivity contribution in [1.82, 2.24) is 4.90 Å². The minimum absolute atomic E-state index is 0.0584. The first-order valence-electron chi connectivity index (χ1n) is 7.06. The van der Waals surface area contributed by atoms with Gasteiger partial charge >= 0.3 is 18.0 Å². The number of methoxy groups -OCH3 is 2. The summed E-state index contributed by atoms with van der Waals surface area (Å²) in [6.45, 7) is 5.00. The van der Waals surface area contributed by atoms with E-state index in [0.717, 1.165) is 11.0 Å². The van der Waals surface area contributed by atoms with Crippen molar-refractivity contribution in [1.29, 1.82) is 0 Å². The summed E-state index contributed by atoms with van der Waals surface area (Å²) in [5, 5.41) is 0. The van der Waals surface area contributed by atoms with Crippen molar-refractivity contribution in [2.45, 2.75) is 32.4 Å². The number of amides is 2. The summed E-state index contributed by atoms with van der Waals surface area (Å²) in [5.41, 5.74) is -0.736. The van der Waals surface area contributed by atoms with Gasteiger partial charge in [0.15, 0.2) is 0 Å². The van der Waals surface area contributed by atoms with Crippen LogP contribution in [-0.2, 0) is 28.6 Å². The fourth-order valence-electron chi connectivity index (χ4n) is 2.69. The number of carbonyl (C=O) groups excluding carboxylic acids is 4. The summed E-state index contributed by atoms with van der Waals surface area (Å²) < 4.78 is 14.4. The van der Waals surface area contributed by atoms with Crippen molar-refractivity contribution in [2.75, 3.05) is 14.2 Å². The normalized spacial score (nSPS) is 27.5. The standard InChI is InChI=1S/C15H19NO7/c1-15(2,3)23-14(20)16-11-9(10(11)13(19)22-5)7(12(16)18)6-8(17)21-4/h6,9-11H,1-5H3/b7-6-/t9-,10-,11-/m0/s1. The van der Waals surface area contributed by atoms with Crippen LogP contribution < -0.4 is 0 Å². The lowest BCUT2D eigenvalue weighted by atomic mass is 10.1. The summed E-state index contributed by atoms with van der Waals surface area (Å²) in [6.07, 6.45) is 0.157. The second-order valence-corrected chi connectivity index (χ2v) is 6.34. The molecule has 8 nitrogen and oxygen atoms in total. The van der Waals surface area contributed by atoms with Gasteiger partial charge in [0.2, 0.25) is 0 Å². The Kier molecular flexibility index (Phi) is 4.19. The lowest BCUT2D eigenvalue weighted by Gasteiger charge is -2.24. The second-order valence-electron chi connectivity index (χ2n) is 6.34. The molecule has 2 aliphatic rings. The molecule has 0 aromatic heterocycles. The van der Waals surface area contributed by atoms with Crippen molar-refractivity contribution in [3.8, 4) is 0 Å². The van der Waals surface area contributed by atoms with E-state index < -0.39 is 47.4 Å². The van der Waals surface area contributed by atoms with E-state index in [4.69, 9.17) is 4.74 Å². The molecule has 0 aromatic rings. The smallest absolute Gasteiger partial charge is 0.417 e. The van der Waals surface area contributed by atoms with Gasteiger partial charge in [-0.3, -0.25) is 9.59 Å². The van der Waals surface area contributed by atoms with Gasteiger partial charge in [0.25, 0.3) is 5.91 Å². The first-order chi connectivity index (χ1) is 10.6. The number of esters is 2. The van der Waals surface area contributed by atoms with Crippen LogP contribution in [0.25, 0.3) is 0 Å². The number of likely N-dealkylation sites (tertiary alicyclic amines) is 1. The SMILES string of the molecule is COC(=O)/C=C1\C(=O)N(C(=O)OC(C)(C)C)[C@@H]2[C@@H](C(=O)OC)[C@H]12. The van der Waals surface area contributed by atoms with Gasteiger partial charge in [0.1, 0.15) is 5.60 Å². The molecular weight excluding hydrogens is 306 g/mol. The molecular formula is C15H19NO7. The first-order valence-corrected chi connectivity index (χ1v) is 7.06. The molecule has 2 rings (SSSR count). The van der Waals surface area contributed by atoms with Crippen LogP contribution in [0.4, 0.5) is 4.79 Å². The average Bonchev–Trinajstić information content (AvgIpc) is 3.09. The molecule has 2 amide bonds. The molecule has 1 saturated carbocycles. The van der Waals surface area contributed by atoms with E-state index in [-0.39, 0.29) is 5.57 Å². The molecule has 0 spiro atoms. The van der Waals surface area contributed by atoms with E-state index in [1.54, 1.807) is 20.8 Å². The molecule has 0 aromatic carbocycles. The fourth-order valence-corrected chi connectivity index (χ4v) is 2.69. The molecule has 3 atom stereocenters. The zero-order valence-corrected chi connectivity index (χ0v) is 13.6. The number of imide groups is 1. The third kappa shape index (κ3) is 3.06. The number of rotatable bonds is 2. The van der Waals surface area contributed by atoms with Crippen molar-refractivity contribution in [3.63, 3.8) is 0 Å². The molecule has 8 heteroatoms. The van der Waals surface area contributed by atoms with E-state index in [1.165, 1.54) is 14.2 Å². The zero-order valence-electron chi connectivity index (χ0n) is 13.6. The Bertz CT molecular complexity index is 601. The number of fused-ring (bicyclic) bond motifs is 1. The average molecular weight is 325 g/mol. The van der Waals surface area contributed by atoms with Crippen molar-refractivity contribution in [3.05, 3.63) is 11.6 Å². The summed E-state index contributed by atoms with van der Waals surface area (Å²) in [5.74, 6) is -3.17. The molecule has 2 fully saturated rings. The van der Waals surface area contributed by atoms with Gasteiger partial charge in [-0.05, 0) is 20.8 Å². The summed E-state index contributed by atoms with van der Waals surface area (Å²) >= 11 is 0. The van der Waals surface area contributed by atoms with Gasteiger partial charge < -0.3 is 14.2 Å². The van der Waals surface area contributed by atoms with Gasteiger partial charge in [-0.15, -0.1) is 0 Å². The Hall–Kier alpha value is -2.38. The largest absolute Gasteiger partial charge is 0.469 e. The summed E-state index contributed by atoms with van der Waals surface area (Å²) in [4.78, 5) is 48.7. The quantitative estimate of drug-likeness (QED) is 0.417. The van der Waals surface area contributed by atoms with Crippen LogP contribution in [0.5, 0.6) is 0 Å². The number of piperidine rings is 1. The van der Waals surface area contributed by atoms with E-state index in [0.29, 0.717) is 0 Å². The summed E-state index contributed by atoms with van der Waals surface area (Å²) in [6, 6.07) is -0.680. The minimum atomic E-state index is -0.850. The van der Waals surface area contributed by atoms with Crippen molar-refractivity contribution in [2.24, 2.45) is 11.8 Å². The molecule has 23 heavy (non-hydrogen) atoms. The molecule has 0 radical (unpaired) electrons. The van der Waals surface area contributed by atoms with E-state index >= 15 is 0 Å². The van der Waals surface area contributed by atoms with Crippen LogP contribution in [-0.4, -0.2) is 54.7 Å². The molecule has 0 bridgehead atoms. The fraction of sp³-hybridized carbons (Fsp3) is 0.600. The number of ether oxygens (including phenoxy) is 3. The highest BCUT2D eigenvalue weighted by Gasteiger charge is 2.70. The Morgan fingerprint density at radius 3 is 2.22 bits per heavy atom. The molecule has 1 heterocycles. The number of carbonyl (C=O) groups is 4. The first kappa shape index (κ1) is 17.0.